The molecule has 1 aromatic rings. The van der Waals surface area contributed by atoms with Crippen LogP contribution in [0.2, 0.25) is 0 Å². The van der Waals surface area contributed by atoms with Gasteiger partial charge in [0.15, 0.2) is 0 Å². The highest BCUT2D eigenvalue weighted by Crippen LogP contribution is 2.29. The van der Waals surface area contributed by atoms with E-state index < -0.39 is 6.10 Å². The third-order valence-corrected chi connectivity index (χ3v) is 2.38. The van der Waals surface area contributed by atoms with Crippen molar-refractivity contribution in [3.63, 3.8) is 0 Å². The lowest BCUT2D eigenvalue weighted by atomic mass is 10.1. The van der Waals surface area contributed by atoms with Crippen LogP contribution in [0.15, 0.2) is 30.3 Å². The van der Waals surface area contributed by atoms with Crippen molar-refractivity contribution < 1.29 is 14.6 Å². The van der Waals surface area contributed by atoms with Gasteiger partial charge in [-0.15, -0.1) is 0 Å². The highest BCUT2D eigenvalue weighted by atomic mass is 16.5. The van der Waals surface area contributed by atoms with E-state index in [1.54, 1.807) is 18.2 Å². The number of carbonyl (C=O) groups is 1. The molecule has 1 aromatic carbocycles. The summed E-state index contributed by atoms with van der Waals surface area (Å²) in [4.78, 5) is 11.4. The summed E-state index contributed by atoms with van der Waals surface area (Å²) in [6.07, 6.45) is 1.60. The zero-order chi connectivity index (χ0) is 10.8. The van der Waals surface area contributed by atoms with Gasteiger partial charge in [-0.2, -0.15) is 0 Å². The van der Waals surface area contributed by atoms with E-state index in [0.717, 1.165) is 5.56 Å². The number of ether oxygens (including phenoxy) is 1. The molecule has 0 unspecified atom stereocenters. The van der Waals surface area contributed by atoms with Crippen molar-refractivity contribution in [1.29, 1.82) is 0 Å². The minimum absolute atomic E-state index is 0.347. The summed E-state index contributed by atoms with van der Waals surface area (Å²) in [6.45, 7) is 1.87. The fourth-order valence-electron chi connectivity index (χ4n) is 1.50. The van der Waals surface area contributed by atoms with Gasteiger partial charge >= 0.3 is 5.97 Å². The summed E-state index contributed by atoms with van der Waals surface area (Å²) in [6, 6.07) is 7.16. The lowest BCUT2D eigenvalue weighted by Crippen LogP contribution is -2.00. The van der Waals surface area contributed by atoms with Gasteiger partial charge in [0.05, 0.1) is 11.7 Å². The van der Waals surface area contributed by atoms with E-state index in [-0.39, 0.29) is 5.97 Å². The zero-order valence-corrected chi connectivity index (χ0v) is 8.43. The van der Waals surface area contributed by atoms with E-state index >= 15 is 0 Å². The first kappa shape index (κ1) is 9.93. The number of hydrogen-bond donors (Lipinski definition) is 1. The van der Waals surface area contributed by atoms with Gasteiger partial charge in [0.1, 0.15) is 5.76 Å². The molecule has 0 saturated heterocycles. The quantitative estimate of drug-likeness (QED) is 0.749. The lowest BCUT2D eigenvalue weighted by molar-refractivity contribution is 0.0713. The number of carbonyl (C=O) groups excluding carboxylic acids is 1. The number of fused-ring (bicyclic) bond motifs is 1. The molecule has 1 heterocycles. The number of hydrogen-bond acceptors (Lipinski definition) is 3. The predicted molar refractivity (Wildman–Crippen MR) is 56.1 cm³/mol. The van der Waals surface area contributed by atoms with Crippen molar-refractivity contribution in [2.45, 2.75) is 19.4 Å². The molecule has 1 aliphatic heterocycles. The van der Waals surface area contributed by atoms with Gasteiger partial charge in [-0.3, -0.25) is 0 Å². The average molecular weight is 204 g/mol. The molecule has 3 heteroatoms. The maximum absolute atomic E-state index is 11.4. The molecule has 0 aromatic heterocycles. The van der Waals surface area contributed by atoms with Gasteiger partial charge in [-0.1, -0.05) is 25.1 Å². The summed E-state index contributed by atoms with van der Waals surface area (Å²) in [5.41, 5.74) is 1.32. The van der Waals surface area contributed by atoms with Crippen molar-refractivity contribution >= 4 is 11.7 Å². The van der Waals surface area contributed by atoms with E-state index in [2.05, 4.69) is 0 Å². The molecule has 0 spiro atoms. The van der Waals surface area contributed by atoms with Crippen LogP contribution in [0, 0.1) is 0 Å². The molecule has 78 valence electrons. The smallest absolute Gasteiger partial charge is 0.344 e. The van der Waals surface area contributed by atoms with Gasteiger partial charge in [0.25, 0.3) is 0 Å². The average Bonchev–Trinajstić information content (AvgIpc) is 2.57. The Balaban J connectivity index is 2.40. The minimum Gasteiger partial charge on any atom is -0.422 e. The zero-order valence-electron chi connectivity index (χ0n) is 8.43. The van der Waals surface area contributed by atoms with E-state index in [1.807, 2.05) is 19.1 Å². The maximum Gasteiger partial charge on any atom is 0.344 e. The molecule has 1 aliphatic rings. The molecule has 0 bridgehead atoms. The van der Waals surface area contributed by atoms with Crippen molar-refractivity contribution in [3.8, 4) is 0 Å². The monoisotopic (exact) mass is 204 g/mol. The van der Waals surface area contributed by atoms with Gasteiger partial charge in [-0.05, 0) is 18.6 Å². The molecule has 0 fully saturated rings. The number of benzene rings is 1. The molecule has 3 nitrogen and oxygen atoms in total. The molecule has 1 N–H and O–H groups in total. The summed E-state index contributed by atoms with van der Waals surface area (Å²) >= 11 is 0. The summed E-state index contributed by atoms with van der Waals surface area (Å²) in [5.74, 6) is 0.116. The summed E-state index contributed by atoms with van der Waals surface area (Å²) in [5, 5.41) is 9.46. The molecule has 0 saturated carbocycles. The Morgan fingerprint density at radius 3 is 2.73 bits per heavy atom. The lowest BCUT2D eigenvalue weighted by Gasteiger charge is -2.02. The van der Waals surface area contributed by atoms with E-state index in [4.69, 9.17) is 4.74 Å². The van der Waals surface area contributed by atoms with E-state index in [0.29, 0.717) is 17.7 Å². The second-order valence-corrected chi connectivity index (χ2v) is 3.44. The topological polar surface area (TPSA) is 46.5 Å². The van der Waals surface area contributed by atoms with Crippen LogP contribution in [0.5, 0.6) is 0 Å². The number of rotatable bonds is 2. The first-order valence-corrected chi connectivity index (χ1v) is 4.94. The Morgan fingerprint density at radius 2 is 2.07 bits per heavy atom. The number of cyclic esters (lactones) is 1. The van der Waals surface area contributed by atoms with Crippen LogP contribution < -0.4 is 0 Å². The number of esters is 1. The molecular weight excluding hydrogens is 192 g/mol. The number of aliphatic hydroxyl groups excluding tert-OH is 1. The SMILES string of the molecule is CC[C@H](O)C=C1OC(=O)c2ccccc21. The Bertz CT molecular complexity index is 421. The van der Waals surface area contributed by atoms with Crippen LogP contribution in [-0.4, -0.2) is 17.2 Å². The van der Waals surface area contributed by atoms with Crippen molar-refractivity contribution in [2.24, 2.45) is 0 Å². The van der Waals surface area contributed by atoms with Gasteiger partial charge in [-0.25, -0.2) is 4.79 Å². The maximum atomic E-state index is 11.4. The van der Waals surface area contributed by atoms with Crippen LogP contribution in [-0.2, 0) is 4.74 Å². The highest BCUT2D eigenvalue weighted by Gasteiger charge is 2.25. The van der Waals surface area contributed by atoms with Crippen LogP contribution >= 0.6 is 0 Å². The van der Waals surface area contributed by atoms with Crippen LogP contribution in [0.3, 0.4) is 0 Å². The Labute approximate surface area is 88.0 Å². The van der Waals surface area contributed by atoms with Crippen LogP contribution in [0.25, 0.3) is 5.76 Å². The van der Waals surface area contributed by atoms with Crippen molar-refractivity contribution in [3.05, 3.63) is 41.5 Å². The summed E-state index contributed by atoms with van der Waals surface area (Å²) < 4.78 is 5.07. The van der Waals surface area contributed by atoms with E-state index in [9.17, 15) is 9.90 Å². The largest absolute Gasteiger partial charge is 0.422 e. The van der Waals surface area contributed by atoms with Crippen LogP contribution in [0.4, 0.5) is 0 Å². The molecular formula is C12H12O3. The Morgan fingerprint density at radius 1 is 1.40 bits per heavy atom. The Hall–Kier alpha value is -1.61. The highest BCUT2D eigenvalue weighted by molar-refractivity contribution is 6.02. The molecule has 1 atom stereocenters. The van der Waals surface area contributed by atoms with Gasteiger partial charge in [0.2, 0.25) is 0 Å². The molecule has 0 aliphatic carbocycles. The van der Waals surface area contributed by atoms with Crippen molar-refractivity contribution in [1.82, 2.24) is 0 Å². The molecule has 15 heavy (non-hydrogen) atoms. The minimum atomic E-state index is -0.570. The molecule has 0 amide bonds. The second-order valence-electron chi connectivity index (χ2n) is 3.44. The standard InChI is InChI=1S/C12H12O3/c1-2-8(13)7-11-9-5-3-4-6-10(9)12(14)15-11/h3-8,13H,2H2,1H3/t8-/m0/s1. The predicted octanol–water partition coefficient (Wildman–Crippen LogP) is 1.97. The fourth-order valence-corrected chi connectivity index (χ4v) is 1.50. The third kappa shape index (κ3) is 1.78. The Kier molecular flexibility index (Phi) is 2.56. The third-order valence-electron chi connectivity index (χ3n) is 2.38. The molecule has 2 rings (SSSR count). The number of aliphatic hydroxyl groups is 1. The second kappa shape index (κ2) is 3.87. The van der Waals surface area contributed by atoms with E-state index in [1.165, 1.54) is 0 Å². The first-order chi connectivity index (χ1) is 7.22. The fraction of sp³-hybridized carbons (Fsp3) is 0.250. The van der Waals surface area contributed by atoms with Crippen LogP contribution in [0.1, 0.15) is 29.3 Å². The van der Waals surface area contributed by atoms with Crippen molar-refractivity contribution in [2.75, 3.05) is 0 Å². The summed E-state index contributed by atoms with van der Waals surface area (Å²) in [7, 11) is 0. The normalized spacial score (nSPS) is 18.8. The van der Waals surface area contributed by atoms with Gasteiger partial charge < -0.3 is 9.84 Å². The first-order valence-electron chi connectivity index (χ1n) is 4.94. The van der Waals surface area contributed by atoms with Gasteiger partial charge in [0, 0.05) is 5.56 Å². The molecule has 0 radical (unpaired) electrons.